The summed E-state index contributed by atoms with van der Waals surface area (Å²) in [5.74, 6) is 0.597. The maximum Gasteiger partial charge on any atom is 0.223 e. The maximum atomic E-state index is 12.2. The van der Waals surface area contributed by atoms with Gasteiger partial charge in [-0.3, -0.25) is 4.79 Å². The molecule has 0 spiro atoms. The zero-order chi connectivity index (χ0) is 19.7. The number of nitrogens with one attached hydrogen (secondary N) is 1. The number of carbonyl (C=O) groups is 1. The van der Waals surface area contributed by atoms with Crippen LogP contribution in [0.1, 0.15) is 32.1 Å². The van der Waals surface area contributed by atoms with E-state index < -0.39 is 27.5 Å². The minimum atomic E-state index is -3.27. The van der Waals surface area contributed by atoms with Crippen molar-refractivity contribution in [2.45, 2.75) is 49.2 Å². The summed E-state index contributed by atoms with van der Waals surface area (Å²) in [7, 11) is -3.27. The minimum absolute atomic E-state index is 0.0222. The summed E-state index contributed by atoms with van der Waals surface area (Å²) < 4.78 is 28.9. The lowest BCUT2D eigenvalue weighted by molar-refractivity contribution is -0.128. The highest BCUT2D eigenvalue weighted by Gasteiger charge is 2.45. The first-order chi connectivity index (χ1) is 12.7. The highest BCUT2D eigenvalue weighted by Crippen LogP contribution is 2.39. The smallest absolute Gasteiger partial charge is 0.223 e. The fraction of sp³-hybridized carbons (Fsp3) is 0.632. The summed E-state index contributed by atoms with van der Waals surface area (Å²) in [6.07, 6.45) is 3.02. The molecule has 0 aliphatic heterocycles. The molecule has 1 aromatic carbocycles. The Labute approximate surface area is 159 Å². The van der Waals surface area contributed by atoms with Gasteiger partial charge in [-0.2, -0.15) is 0 Å². The molecule has 2 fully saturated rings. The standard InChI is InChI=1S/C19H27NO6S/c1-27(24,25)15-7-5-14(6-8-15)26-12-19(9-16(21)17(22)10-19)11-20-18(23)13-3-2-4-13/h5-8,13,16-17,21-22H,2-4,9-12H2,1H3,(H,20,23)/t16-,17+,19?. The highest BCUT2D eigenvalue weighted by molar-refractivity contribution is 7.90. The molecule has 150 valence electrons. The molecule has 0 bridgehead atoms. The van der Waals surface area contributed by atoms with E-state index in [1.807, 2.05) is 0 Å². The topological polar surface area (TPSA) is 113 Å². The van der Waals surface area contributed by atoms with Crippen molar-refractivity contribution >= 4 is 15.7 Å². The Morgan fingerprint density at radius 2 is 1.78 bits per heavy atom. The quantitative estimate of drug-likeness (QED) is 0.630. The lowest BCUT2D eigenvalue weighted by Gasteiger charge is -2.31. The lowest BCUT2D eigenvalue weighted by atomic mass is 9.83. The number of benzene rings is 1. The third kappa shape index (κ3) is 4.80. The summed E-state index contributed by atoms with van der Waals surface area (Å²) in [5.41, 5.74) is -0.562. The van der Waals surface area contributed by atoms with Crippen LogP contribution in [-0.4, -0.2) is 56.2 Å². The molecule has 3 atom stereocenters. The van der Waals surface area contributed by atoms with E-state index in [0.717, 1.165) is 25.5 Å². The third-order valence-corrected chi connectivity index (χ3v) is 6.77. The second kappa shape index (κ2) is 7.77. The minimum Gasteiger partial charge on any atom is -0.493 e. The molecule has 7 nitrogen and oxygen atoms in total. The van der Waals surface area contributed by atoms with Crippen molar-refractivity contribution < 1.29 is 28.2 Å². The number of hydrogen-bond donors (Lipinski definition) is 3. The van der Waals surface area contributed by atoms with Gasteiger partial charge in [-0.25, -0.2) is 8.42 Å². The number of aliphatic hydroxyl groups excluding tert-OH is 2. The fourth-order valence-corrected chi connectivity index (χ4v) is 4.30. The Kier molecular flexibility index (Phi) is 5.79. The van der Waals surface area contributed by atoms with Gasteiger partial charge in [0, 0.05) is 24.1 Å². The van der Waals surface area contributed by atoms with Crippen LogP contribution < -0.4 is 10.1 Å². The third-order valence-electron chi connectivity index (χ3n) is 5.64. The second-order valence-electron chi connectivity index (χ2n) is 7.92. The molecule has 2 aliphatic rings. The monoisotopic (exact) mass is 397 g/mol. The predicted molar refractivity (Wildman–Crippen MR) is 99.1 cm³/mol. The van der Waals surface area contributed by atoms with E-state index >= 15 is 0 Å². The van der Waals surface area contributed by atoms with Gasteiger partial charge >= 0.3 is 0 Å². The van der Waals surface area contributed by atoms with Gasteiger partial charge in [-0.15, -0.1) is 0 Å². The molecule has 0 radical (unpaired) electrons. The normalized spacial score (nSPS) is 28.6. The van der Waals surface area contributed by atoms with Crippen molar-refractivity contribution in [3.8, 4) is 5.75 Å². The molecule has 1 aromatic rings. The Morgan fingerprint density at radius 3 is 2.26 bits per heavy atom. The van der Waals surface area contributed by atoms with Gasteiger partial charge in [0.2, 0.25) is 5.91 Å². The molecule has 27 heavy (non-hydrogen) atoms. The molecule has 0 heterocycles. The van der Waals surface area contributed by atoms with Crippen molar-refractivity contribution in [3.05, 3.63) is 24.3 Å². The number of ether oxygens (including phenoxy) is 1. The molecule has 3 N–H and O–H groups in total. The zero-order valence-electron chi connectivity index (χ0n) is 15.4. The van der Waals surface area contributed by atoms with Gasteiger partial charge in [0.1, 0.15) is 5.75 Å². The molecule has 2 aliphatic carbocycles. The fourth-order valence-electron chi connectivity index (χ4n) is 3.66. The van der Waals surface area contributed by atoms with Crippen molar-refractivity contribution in [1.82, 2.24) is 5.32 Å². The first-order valence-corrected chi connectivity index (χ1v) is 11.1. The maximum absolute atomic E-state index is 12.2. The molecule has 1 amide bonds. The number of sulfone groups is 1. The second-order valence-corrected chi connectivity index (χ2v) is 9.94. The number of amides is 1. The Balaban J connectivity index is 1.64. The van der Waals surface area contributed by atoms with E-state index in [-0.39, 0.29) is 23.3 Å². The summed E-state index contributed by atoms with van der Waals surface area (Å²) in [6.45, 7) is 0.544. The van der Waals surface area contributed by atoms with E-state index in [4.69, 9.17) is 4.74 Å². The average molecular weight is 397 g/mol. The van der Waals surface area contributed by atoms with Crippen molar-refractivity contribution in [2.24, 2.45) is 11.3 Å². The molecular formula is C19H27NO6S. The van der Waals surface area contributed by atoms with Crippen LogP contribution >= 0.6 is 0 Å². The van der Waals surface area contributed by atoms with E-state index in [1.54, 1.807) is 12.1 Å². The van der Waals surface area contributed by atoms with Crippen LogP contribution in [0.5, 0.6) is 5.75 Å². The molecule has 3 rings (SSSR count). The van der Waals surface area contributed by atoms with E-state index in [1.165, 1.54) is 12.1 Å². The van der Waals surface area contributed by atoms with Crippen LogP contribution in [0.3, 0.4) is 0 Å². The van der Waals surface area contributed by atoms with Gasteiger partial charge in [0.25, 0.3) is 0 Å². The van der Waals surface area contributed by atoms with Gasteiger partial charge in [0.15, 0.2) is 9.84 Å². The molecule has 0 saturated heterocycles. The molecule has 2 saturated carbocycles. The van der Waals surface area contributed by atoms with Crippen molar-refractivity contribution in [2.75, 3.05) is 19.4 Å². The van der Waals surface area contributed by atoms with E-state index in [2.05, 4.69) is 5.32 Å². The summed E-state index contributed by atoms with van der Waals surface area (Å²) >= 11 is 0. The van der Waals surface area contributed by atoms with Crippen LogP contribution in [0.15, 0.2) is 29.2 Å². The van der Waals surface area contributed by atoms with Gasteiger partial charge in [-0.1, -0.05) is 6.42 Å². The summed E-state index contributed by atoms with van der Waals surface area (Å²) in [5, 5.41) is 23.0. The van der Waals surface area contributed by atoms with Crippen LogP contribution in [0, 0.1) is 11.3 Å². The Hall–Kier alpha value is -1.64. The van der Waals surface area contributed by atoms with E-state index in [9.17, 15) is 23.4 Å². The predicted octanol–water partition coefficient (Wildman–Crippen LogP) is 0.887. The molecule has 0 aromatic heterocycles. The van der Waals surface area contributed by atoms with Crippen molar-refractivity contribution in [3.63, 3.8) is 0 Å². The number of hydrogen-bond acceptors (Lipinski definition) is 6. The van der Waals surface area contributed by atoms with Crippen LogP contribution in [-0.2, 0) is 14.6 Å². The van der Waals surface area contributed by atoms with Gasteiger partial charge in [0.05, 0.1) is 23.7 Å². The molecular weight excluding hydrogens is 370 g/mol. The Bertz CT molecular complexity index is 762. The largest absolute Gasteiger partial charge is 0.493 e. The van der Waals surface area contributed by atoms with Crippen LogP contribution in [0.25, 0.3) is 0 Å². The van der Waals surface area contributed by atoms with Gasteiger partial charge in [-0.05, 0) is 49.9 Å². The van der Waals surface area contributed by atoms with Crippen LogP contribution in [0.4, 0.5) is 0 Å². The summed E-state index contributed by atoms with van der Waals surface area (Å²) in [6, 6.07) is 6.12. The first kappa shape index (κ1) is 20.1. The number of carbonyl (C=O) groups excluding carboxylic acids is 1. The molecule has 1 unspecified atom stereocenters. The highest BCUT2D eigenvalue weighted by atomic mass is 32.2. The zero-order valence-corrected chi connectivity index (χ0v) is 16.2. The summed E-state index contributed by atoms with van der Waals surface area (Å²) in [4.78, 5) is 12.4. The number of rotatable bonds is 7. The molecule has 8 heteroatoms. The van der Waals surface area contributed by atoms with E-state index in [0.29, 0.717) is 25.1 Å². The van der Waals surface area contributed by atoms with Crippen molar-refractivity contribution in [1.29, 1.82) is 0 Å². The van der Waals surface area contributed by atoms with Gasteiger partial charge < -0.3 is 20.3 Å². The Morgan fingerprint density at radius 1 is 1.19 bits per heavy atom. The average Bonchev–Trinajstić information content (AvgIpc) is 2.84. The SMILES string of the molecule is CS(=O)(=O)c1ccc(OCC2(CNC(=O)C3CCC3)C[C@@H](O)[C@@H](O)C2)cc1. The number of aliphatic hydroxyl groups is 2. The lowest BCUT2D eigenvalue weighted by Crippen LogP contribution is -2.43. The van der Waals surface area contributed by atoms with Crippen LogP contribution in [0.2, 0.25) is 0 Å². The first-order valence-electron chi connectivity index (χ1n) is 9.25.